The van der Waals surface area contributed by atoms with Gasteiger partial charge in [-0.05, 0) is 45.2 Å². The lowest BCUT2D eigenvalue weighted by Gasteiger charge is -2.33. The predicted molar refractivity (Wildman–Crippen MR) is 66.6 cm³/mol. The molecule has 2 rings (SSSR count). The summed E-state index contributed by atoms with van der Waals surface area (Å²) < 4.78 is 16.5. The fourth-order valence-corrected chi connectivity index (χ4v) is 2.59. The van der Waals surface area contributed by atoms with E-state index in [1.807, 2.05) is 17.8 Å². The molecular formula is C13H22FN3. The molecule has 4 heteroatoms. The van der Waals surface area contributed by atoms with Gasteiger partial charge in [-0.1, -0.05) is 0 Å². The highest BCUT2D eigenvalue weighted by molar-refractivity contribution is 5.02. The highest BCUT2D eigenvalue weighted by Crippen LogP contribution is 2.31. The van der Waals surface area contributed by atoms with Crippen LogP contribution in [-0.4, -0.2) is 28.5 Å². The first kappa shape index (κ1) is 12.6. The molecule has 0 aromatic carbocycles. The van der Waals surface area contributed by atoms with Crippen LogP contribution in [0.25, 0.3) is 0 Å². The zero-order valence-corrected chi connectivity index (χ0v) is 10.7. The average Bonchev–Trinajstić information content (AvgIpc) is 2.74. The molecule has 0 spiro atoms. The first-order valence-electron chi connectivity index (χ1n) is 6.46. The van der Waals surface area contributed by atoms with Crippen LogP contribution >= 0.6 is 0 Å². The molecule has 1 fully saturated rings. The number of nitrogens with zero attached hydrogens (tertiary/aromatic N) is 2. The summed E-state index contributed by atoms with van der Waals surface area (Å²) in [6.07, 6.45) is 5.22. The fraction of sp³-hybridized carbons (Fsp3) is 0.769. The number of piperidine rings is 1. The lowest BCUT2D eigenvalue weighted by atomic mass is 9.82. The largest absolute Gasteiger partial charge is 0.316 e. The van der Waals surface area contributed by atoms with E-state index in [0.29, 0.717) is 6.42 Å². The van der Waals surface area contributed by atoms with Crippen molar-refractivity contribution in [2.75, 3.05) is 13.1 Å². The molecule has 2 atom stereocenters. The van der Waals surface area contributed by atoms with E-state index in [1.165, 1.54) is 0 Å². The molecule has 0 saturated carbocycles. The van der Waals surface area contributed by atoms with E-state index in [-0.39, 0.29) is 5.92 Å². The smallest absolute Gasteiger partial charge is 0.112 e. The summed E-state index contributed by atoms with van der Waals surface area (Å²) >= 11 is 0. The van der Waals surface area contributed by atoms with Gasteiger partial charge in [0.2, 0.25) is 0 Å². The fourth-order valence-electron chi connectivity index (χ4n) is 2.59. The number of aryl methyl sites for hydroxylation is 2. The van der Waals surface area contributed by atoms with Crippen LogP contribution < -0.4 is 5.32 Å². The minimum atomic E-state index is -1.07. The Morgan fingerprint density at radius 1 is 1.65 bits per heavy atom. The zero-order valence-electron chi connectivity index (χ0n) is 10.7. The molecule has 1 aliphatic rings. The van der Waals surface area contributed by atoms with Crippen LogP contribution in [0.2, 0.25) is 0 Å². The number of nitrogens with one attached hydrogen (secondary N) is 1. The number of hydrogen-bond acceptors (Lipinski definition) is 2. The van der Waals surface area contributed by atoms with Crippen molar-refractivity contribution >= 4 is 0 Å². The van der Waals surface area contributed by atoms with Crippen molar-refractivity contribution in [1.29, 1.82) is 0 Å². The van der Waals surface area contributed by atoms with Gasteiger partial charge in [0, 0.05) is 31.4 Å². The normalized spacial score (nSPS) is 24.5. The van der Waals surface area contributed by atoms with Gasteiger partial charge in [-0.15, -0.1) is 0 Å². The monoisotopic (exact) mass is 239 g/mol. The number of aromatic nitrogens is 2. The van der Waals surface area contributed by atoms with Crippen molar-refractivity contribution in [3.63, 3.8) is 0 Å². The predicted octanol–water partition coefficient (Wildman–Crippen LogP) is 2.08. The summed E-state index contributed by atoms with van der Waals surface area (Å²) in [7, 11) is 1.91. The Bertz CT molecular complexity index is 353. The van der Waals surface area contributed by atoms with Crippen molar-refractivity contribution in [1.82, 2.24) is 15.1 Å². The molecule has 0 bridgehead atoms. The third kappa shape index (κ3) is 3.06. The van der Waals surface area contributed by atoms with Crippen molar-refractivity contribution in [2.45, 2.75) is 38.3 Å². The average molecular weight is 239 g/mol. The van der Waals surface area contributed by atoms with Crippen LogP contribution in [0.1, 0.15) is 31.9 Å². The molecule has 1 saturated heterocycles. The Balaban J connectivity index is 1.90. The molecular weight excluding hydrogens is 217 g/mol. The van der Waals surface area contributed by atoms with Crippen molar-refractivity contribution in [2.24, 2.45) is 13.0 Å². The standard InChI is InChI=1S/C13H22FN3/c1-13(14,11-4-3-8-15-10-11)7-5-12-6-9-16-17(12)2/h6,9,11,15H,3-5,7-8,10H2,1-2H3. The third-order valence-electron chi connectivity index (χ3n) is 3.94. The molecule has 2 unspecified atom stereocenters. The summed E-state index contributed by atoms with van der Waals surface area (Å²) in [5.41, 5.74) is 0.0372. The third-order valence-corrected chi connectivity index (χ3v) is 3.94. The molecule has 1 aromatic rings. The van der Waals surface area contributed by atoms with E-state index in [2.05, 4.69) is 10.4 Å². The highest BCUT2D eigenvalue weighted by atomic mass is 19.1. The van der Waals surface area contributed by atoms with E-state index in [4.69, 9.17) is 0 Å². The number of halogens is 1. The molecule has 1 N–H and O–H groups in total. The van der Waals surface area contributed by atoms with E-state index >= 15 is 0 Å². The Morgan fingerprint density at radius 3 is 3.06 bits per heavy atom. The Kier molecular flexibility index (Phi) is 3.82. The molecule has 0 radical (unpaired) electrons. The second kappa shape index (κ2) is 5.17. The summed E-state index contributed by atoms with van der Waals surface area (Å²) in [4.78, 5) is 0. The lowest BCUT2D eigenvalue weighted by Crippen LogP contribution is -2.41. The van der Waals surface area contributed by atoms with Gasteiger partial charge in [0.15, 0.2) is 0 Å². The summed E-state index contributed by atoms with van der Waals surface area (Å²) in [6.45, 7) is 3.60. The van der Waals surface area contributed by atoms with Crippen LogP contribution in [-0.2, 0) is 13.5 Å². The molecule has 2 heterocycles. The second-order valence-electron chi connectivity index (χ2n) is 5.27. The Labute approximate surface area is 102 Å². The maximum atomic E-state index is 14.6. The molecule has 96 valence electrons. The van der Waals surface area contributed by atoms with Crippen LogP contribution in [0.5, 0.6) is 0 Å². The topological polar surface area (TPSA) is 29.9 Å². The Hall–Kier alpha value is -0.900. The van der Waals surface area contributed by atoms with Crippen molar-refractivity contribution < 1.29 is 4.39 Å². The SMILES string of the molecule is Cn1nccc1CCC(C)(F)C1CCCNC1. The van der Waals surface area contributed by atoms with Gasteiger partial charge in [-0.2, -0.15) is 5.10 Å². The van der Waals surface area contributed by atoms with Gasteiger partial charge < -0.3 is 5.32 Å². The molecule has 0 amide bonds. The number of hydrogen-bond donors (Lipinski definition) is 1. The molecule has 1 aliphatic heterocycles. The summed E-state index contributed by atoms with van der Waals surface area (Å²) in [5.74, 6) is 0.157. The van der Waals surface area contributed by atoms with E-state index in [0.717, 1.165) is 38.0 Å². The van der Waals surface area contributed by atoms with E-state index in [1.54, 1.807) is 13.1 Å². The van der Waals surface area contributed by atoms with Gasteiger partial charge in [0.25, 0.3) is 0 Å². The zero-order chi connectivity index (χ0) is 12.3. The minimum Gasteiger partial charge on any atom is -0.316 e. The molecule has 0 aliphatic carbocycles. The maximum absolute atomic E-state index is 14.6. The Morgan fingerprint density at radius 2 is 2.47 bits per heavy atom. The number of rotatable bonds is 4. The van der Waals surface area contributed by atoms with Crippen LogP contribution in [0.3, 0.4) is 0 Å². The summed E-state index contributed by atoms with van der Waals surface area (Å²) in [6, 6.07) is 1.97. The van der Waals surface area contributed by atoms with Crippen molar-refractivity contribution in [3.8, 4) is 0 Å². The highest BCUT2D eigenvalue weighted by Gasteiger charge is 2.34. The van der Waals surface area contributed by atoms with Crippen LogP contribution in [0.4, 0.5) is 4.39 Å². The second-order valence-corrected chi connectivity index (χ2v) is 5.27. The first-order valence-corrected chi connectivity index (χ1v) is 6.46. The van der Waals surface area contributed by atoms with E-state index in [9.17, 15) is 4.39 Å². The minimum absolute atomic E-state index is 0.157. The lowest BCUT2D eigenvalue weighted by molar-refractivity contribution is 0.0735. The molecule has 1 aromatic heterocycles. The first-order chi connectivity index (χ1) is 8.09. The van der Waals surface area contributed by atoms with Gasteiger partial charge in [0.1, 0.15) is 5.67 Å². The molecule has 3 nitrogen and oxygen atoms in total. The van der Waals surface area contributed by atoms with Gasteiger partial charge in [-0.25, -0.2) is 4.39 Å². The van der Waals surface area contributed by atoms with Crippen LogP contribution in [0, 0.1) is 5.92 Å². The van der Waals surface area contributed by atoms with Gasteiger partial charge in [0.05, 0.1) is 0 Å². The van der Waals surface area contributed by atoms with E-state index < -0.39 is 5.67 Å². The van der Waals surface area contributed by atoms with Gasteiger partial charge in [-0.3, -0.25) is 4.68 Å². The van der Waals surface area contributed by atoms with Gasteiger partial charge >= 0.3 is 0 Å². The van der Waals surface area contributed by atoms with Crippen LogP contribution in [0.15, 0.2) is 12.3 Å². The molecule has 17 heavy (non-hydrogen) atoms. The number of alkyl halides is 1. The quantitative estimate of drug-likeness (QED) is 0.872. The maximum Gasteiger partial charge on any atom is 0.112 e. The summed E-state index contributed by atoms with van der Waals surface area (Å²) in [5, 5.41) is 7.40. The van der Waals surface area contributed by atoms with Crippen molar-refractivity contribution in [3.05, 3.63) is 18.0 Å².